The molecule has 0 aliphatic carbocycles. The lowest BCUT2D eigenvalue weighted by Gasteiger charge is -2.04. The fourth-order valence-electron chi connectivity index (χ4n) is 2.46. The minimum absolute atomic E-state index is 0.0660. The van der Waals surface area contributed by atoms with Gasteiger partial charge in [0.25, 0.3) is 5.22 Å². The Hall–Kier alpha value is -0.760. The highest BCUT2D eigenvalue weighted by atomic mass is 35.5. The van der Waals surface area contributed by atoms with Crippen LogP contribution in [0.5, 0.6) is 0 Å². The third-order valence-electron chi connectivity index (χ3n) is 3.64. The lowest BCUT2D eigenvalue weighted by molar-refractivity contribution is 0.389. The zero-order valence-corrected chi connectivity index (χ0v) is 15.2. The van der Waals surface area contributed by atoms with Gasteiger partial charge in [0.15, 0.2) is 9.84 Å². The third kappa shape index (κ3) is 4.41. The molecule has 0 saturated carbocycles. The van der Waals surface area contributed by atoms with Gasteiger partial charge in [-0.2, -0.15) is 0 Å². The van der Waals surface area contributed by atoms with Crippen LogP contribution >= 0.6 is 35.0 Å². The van der Waals surface area contributed by atoms with Crippen LogP contribution in [-0.2, 0) is 22.0 Å². The lowest BCUT2D eigenvalue weighted by atomic mass is 10.1. The Balaban J connectivity index is 1.60. The highest BCUT2D eigenvalue weighted by Gasteiger charge is 2.29. The molecule has 1 unspecified atom stereocenters. The first-order valence-corrected chi connectivity index (χ1v) is 10.6. The Morgan fingerprint density at radius 3 is 2.65 bits per heavy atom. The van der Waals surface area contributed by atoms with Crippen molar-refractivity contribution in [3.8, 4) is 0 Å². The van der Waals surface area contributed by atoms with Crippen molar-refractivity contribution in [2.24, 2.45) is 5.92 Å². The standard InChI is InChI=1S/C14H14Cl2N2O3S2/c15-11-2-1-3-12(16)10(11)7-22-14-18-17-13(21-14)6-9-4-5-23(19,20)8-9/h1-3,9H,4-8H2. The number of hydrogen-bond donors (Lipinski definition) is 0. The Kier molecular flexibility index (Phi) is 5.20. The average Bonchev–Trinajstić information content (AvgIpc) is 3.05. The zero-order chi connectivity index (χ0) is 16.4. The maximum Gasteiger partial charge on any atom is 0.276 e. The van der Waals surface area contributed by atoms with Gasteiger partial charge < -0.3 is 4.42 Å². The second-order valence-electron chi connectivity index (χ2n) is 5.42. The van der Waals surface area contributed by atoms with Gasteiger partial charge in [-0.1, -0.05) is 41.0 Å². The summed E-state index contributed by atoms with van der Waals surface area (Å²) >= 11 is 13.6. The molecule has 1 saturated heterocycles. The summed E-state index contributed by atoms with van der Waals surface area (Å²) in [5.41, 5.74) is 0.822. The minimum Gasteiger partial charge on any atom is -0.416 e. The molecule has 1 aliphatic rings. The van der Waals surface area contributed by atoms with Crippen LogP contribution in [0.4, 0.5) is 0 Å². The molecule has 0 amide bonds. The van der Waals surface area contributed by atoms with E-state index in [0.29, 0.717) is 39.8 Å². The van der Waals surface area contributed by atoms with Gasteiger partial charge in [0.2, 0.25) is 5.89 Å². The molecule has 1 atom stereocenters. The molecule has 3 rings (SSSR count). The minimum atomic E-state index is -2.89. The van der Waals surface area contributed by atoms with E-state index in [9.17, 15) is 8.42 Å². The van der Waals surface area contributed by atoms with Crippen molar-refractivity contribution in [2.75, 3.05) is 11.5 Å². The Morgan fingerprint density at radius 1 is 1.26 bits per heavy atom. The van der Waals surface area contributed by atoms with Gasteiger partial charge in [-0.3, -0.25) is 0 Å². The van der Waals surface area contributed by atoms with Gasteiger partial charge in [0, 0.05) is 22.2 Å². The molecule has 0 radical (unpaired) electrons. The molecule has 1 aliphatic heterocycles. The van der Waals surface area contributed by atoms with Crippen LogP contribution in [0.3, 0.4) is 0 Å². The topological polar surface area (TPSA) is 73.1 Å². The summed E-state index contributed by atoms with van der Waals surface area (Å²) < 4.78 is 28.5. The predicted molar refractivity (Wildman–Crippen MR) is 90.8 cm³/mol. The summed E-state index contributed by atoms with van der Waals surface area (Å²) in [6.45, 7) is 0. The van der Waals surface area contributed by atoms with E-state index in [2.05, 4.69) is 10.2 Å². The number of halogens is 2. The quantitative estimate of drug-likeness (QED) is 0.722. The number of thioether (sulfide) groups is 1. The first-order valence-electron chi connectivity index (χ1n) is 7.01. The summed E-state index contributed by atoms with van der Waals surface area (Å²) in [5, 5.41) is 9.59. The van der Waals surface area contributed by atoms with Crippen LogP contribution in [0.15, 0.2) is 27.8 Å². The molecule has 5 nitrogen and oxygen atoms in total. The number of benzene rings is 1. The number of hydrogen-bond acceptors (Lipinski definition) is 6. The van der Waals surface area contributed by atoms with E-state index in [1.165, 1.54) is 11.8 Å². The van der Waals surface area contributed by atoms with Gasteiger partial charge in [-0.15, -0.1) is 10.2 Å². The Labute approximate surface area is 148 Å². The van der Waals surface area contributed by atoms with Crippen LogP contribution in [0.1, 0.15) is 17.9 Å². The van der Waals surface area contributed by atoms with Crippen molar-refractivity contribution in [1.29, 1.82) is 0 Å². The molecular weight excluding hydrogens is 379 g/mol. The SMILES string of the molecule is O=S1(=O)CCC(Cc2nnc(SCc3c(Cl)cccc3Cl)o2)C1. The summed E-state index contributed by atoms with van der Waals surface area (Å²) in [6.07, 6.45) is 1.15. The molecule has 2 aromatic rings. The van der Waals surface area contributed by atoms with Crippen LogP contribution in [0.25, 0.3) is 0 Å². The molecule has 2 heterocycles. The predicted octanol–water partition coefficient (Wildman–Crippen LogP) is 3.65. The summed E-state index contributed by atoms with van der Waals surface area (Å²) in [7, 11) is -2.89. The van der Waals surface area contributed by atoms with E-state index in [4.69, 9.17) is 27.6 Å². The molecule has 23 heavy (non-hydrogen) atoms. The van der Waals surface area contributed by atoms with E-state index in [-0.39, 0.29) is 17.4 Å². The fourth-order valence-corrected chi connectivity index (χ4v) is 5.85. The molecule has 124 valence electrons. The van der Waals surface area contributed by atoms with E-state index >= 15 is 0 Å². The number of nitrogens with zero attached hydrogens (tertiary/aromatic N) is 2. The maximum atomic E-state index is 11.5. The van der Waals surface area contributed by atoms with Crippen LogP contribution in [0, 0.1) is 5.92 Å². The Bertz CT molecular complexity index is 788. The van der Waals surface area contributed by atoms with E-state index in [1.807, 2.05) is 0 Å². The molecule has 1 fully saturated rings. The second-order valence-corrected chi connectivity index (χ2v) is 9.39. The molecule has 0 N–H and O–H groups in total. The van der Waals surface area contributed by atoms with Crippen molar-refractivity contribution < 1.29 is 12.8 Å². The van der Waals surface area contributed by atoms with E-state index < -0.39 is 9.84 Å². The average molecular weight is 393 g/mol. The van der Waals surface area contributed by atoms with Gasteiger partial charge in [-0.25, -0.2) is 8.42 Å². The molecule has 0 bridgehead atoms. The van der Waals surface area contributed by atoms with Crippen molar-refractivity contribution in [3.63, 3.8) is 0 Å². The van der Waals surface area contributed by atoms with Crippen molar-refractivity contribution >= 4 is 44.8 Å². The van der Waals surface area contributed by atoms with Gasteiger partial charge in [-0.05, 0) is 30.0 Å². The molecule has 0 spiro atoms. The summed E-state index contributed by atoms with van der Waals surface area (Å²) in [5.74, 6) is 1.51. The number of aromatic nitrogens is 2. The summed E-state index contributed by atoms with van der Waals surface area (Å²) in [6, 6.07) is 5.35. The van der Waals surface area contributed by atoms with Crippen molar-refractivity contribution in [3.05, 3.63) is 39.7 Å². The van der Waals surface area contributed by atoms with E-state index in [1.54, 1.807) is 18.2 Å². The van der Waals surface area contributed by atoms with Crippen LogP contribution in [0.2, 0.25) is 10.0 Å². The van der Waals surface area contributed by atoms with Crippen molar-refractivity contribution in [2.45, 2.75) is 23.8 Å². The first-order chi connectivity index (χ1) is 10.9. The van der Waals surface area contributed by atoms with Gasteiger partial charge in [0.05, 0.1) is 11.5 Å². The second kappa shape index (κ2) is 7.01. The zero-order valence-electron chi connectivity index (χ0n) is 12.0. The monoisotopic (exact) mass is 392 g/mol. The van der Waals surface area contributed by atoms with Crippen molar-refractivity contribution in [1.82, 2.24) is 10.2 Å². The van der Waals surface area contributed by atoms with Gasteiger partial charge >= 0.3 is 0 Å². The van der Waals surface area contributed by atoms with Crippen LogP contribution < -0.4 is 0 Å². The maximum absolute atomic E-state index is 11.5. The van der Waals surface area contributed by atoms with Gasteiger partial charge in [0.1, 0.15) is 0 Å². The van der Waals surface area contributed by atoms with Crippen LogP contribution in [-0.4, -0.2) is 30.1 Å². The summed E-state index contributed by atoms with van der Waals surface area (Å²) in [4.78, 5) is 0. The molecule has 9 heteroatoms. The third-order valence-corrected chi connectivity index (χ3v) is 7.03. The molecular formula is C14H14Cl2N2O3S2. The first kappa shape index (κ1) is 17.1. The lowest BCUT2D eigenvalue weighted by Crippen LogP contribution is -2.07. The smallest absolute Gasteiger partial charge is 0.276 e. The highest BCUT2D eigenvalue weighted by molar-refractivity contribution is 7.98. The number of sulfone groups is 1. The fraction of sp³-hybridized carbons (Fsp3) is 0.429. The molecule has 1 aromatic heterocycles. The molecule has 1 aromatic carbocycles. The Morgan fingerprint density at radius 2 is 2.00 bits per heavy atom. The largest absolute Gasteiger partial charge is 0.416 e. The van der Waals surface area contributed by atoms with E-state index in [0.717, 1.165) is 5.56 Å². The highest BCUT2D eigenvalue weighted by Crippen LogP contribution is 2.31. The normalized spacial score (nSPS) is 20.0. The number of rotatable bonds is 5.